The SMILES string of the molecule is CCc1ccc(O)c(C(C)(C)O)c1. The molecule has 0 heterocycles. The van der Waals surface area contributed by atoms with Crippen LogP contribution in [-0.2, 0) is 12.0 Å². The van der Waals surface area contributed by atoms with Crippen LogP contribution in [0.5, 0.6) is 5.75 Å². The van der Waals surface area contributed by atoms with E-state index in [1.54, 1.807) is 19.9 Å². The van der Waals surface area contributed by atoms with Gasteiger partial charge >= 0.3 is 0 Å². The van der Waals surface area contributed by atoms with E-state index in [2.05, 4.69) is 0 Å². The van der Waals surface area contributed by atoms with Crippen molar-refractivity contribution < 1.29 is 10.2 Å². The zero-order valence-corrected chi connectivity index (χ0v) is 8.33. The fourth-order valence-corrected chi connectivity index (χ4v) is 1.29. The molecular weight excluding hydrogens is 164 g/mol. The zero-order chi connectivity index (χ0) is 10.1. The Bertz CT molecular complexity index is 297. The van der Waals surface area contributed by atoms with Crippen LogP contribution in [0.15, 0.2) is 18.2 Å². The molecule has 1 rings (SSSR count). The molecule has 0 aliphatic carbocycles. The molecule has 13 heavy (non-hydrogen) atoms. The van der Waals surface area contributed by atoms with E-state index < -0.39 is 5.60 Å². The van der Waals surface area contributed by atoms with E-state index in [-0.39, 0.29) is 5.75 Å². The van der Waals surface area contributed by atoms with Crippen LogP contribution in [0.4, 0.5) is 0 Å². The fourth-order valence-electron chi connectivity index (χ4n) is 1.29. The van der Waals surface area contributed by atoms with E-state index in [9.17, 15) is 10.2 Å². The quantitative estimate of drug-likeness (QED) is 0.732. The summed E-state index contributed by atoms with van der Waals surface area (Å²) in [5.41, 5.74) is 0.733. The summed E-state index contributed by atoms with van der Waals surface area (Å²) in [4.78, 5) is 0. The van der Waals surface area contributed by atoms with Gasteiger partial charge in [-0.15, -0.1) is 0 Å². The molecule has 0 spiro atoms. The zero-order valence-electron chi connectivity index (χ0n) is 8.33. The van der Waals surface area contributed by atoms with Gasteiger partial charge in [0.2, 0.25) is 0 Å². The maximum Gasteiger partial charge on any atom is 0.121 e. The van der Waals surface area contributed by atoms with E-state index in [0.29, 0.717) is 5.56 Å². The van der Waals surface area contributed by atoms with Crippen molar-refractivity contribution in [1.29, 1.82) is 0 Å². The van der Waals surface area contributed by atoms with Gasteiger partial charge in [0.05, 0.1) is 5.60 Å². The summed E-state index contributed by atoms with van der Waals surface area (Å²) < 4.78 is 0. The number of hydrogen-bond acceptors (Lipinski definition) is 2. The molecule has 0 atom stereocenters. The van der Waals surface area contributed by atoms with Crippen molar-refractivity contribution in [2.75, 3.05) is 0 Å². The van der Waals surface area contributed by atoms with Gasteiger partial charge < -0.3 is 10.2 Å². The highest BCUT2D eigenvalue weighted by molar-refractivity contribution is 5.39. The standard InChI is InChI=1S/C11H16O2/c1-4-8-5-6-10(12)9(7-8)11(2,3)13/h5-7,12-13H,4H2,1-3H3. The molecule has 72 valence electrons. The summed E-state index contributed by atoms with van der Waals surface area (Å²) in [5.74, 6) is 0.157. The van der Waals surface area contributed by atoms with Crippen LogP contribution in [0.25, 0.3) is 0 Å². The number of phenolic OH excluding ortho intramolecular Hbond substituents is 1. The van der Waals surface area contributed by atoms with Gasteiger partial charge in [0.25, 0.3) is 0 Å². The minimum absolute atomic E-state index is 0.157. The Hall–Kier alpha value is -1.02. The van der Waals surface area contributed by atoms with Gasteiger partial charge in [-0.1, -0.05) is 13.0 Å². The lowest BCUT2D eigenvalue weighted by Gasteiger charge is -2.19. The van der Waals surface area contributed by atoms with Crippen LogP contribution in [0.1, 0.15) is 31.9 Å². The maximum absolute atomic E-state index is 9.73. The van der Waals surface area contributed by atoms with Crippen LogP contribution in [0, 0.1) is 0 Å². The molecule has 2 nitrogen and oxygen atoms in total. The van der Waals surface area contributed by atoms with E-state index in [1.807, 2.05) is 19.1 Å². The first-order chi connectivity index (χ1) is 5.95. The predicted octanol–water partition coefficient (Wildman–Crippen LogP) is 2.18. The Morgan fingerprint density at radius 3 is 2.38 bits per heavy atom. The number of benzene rings is 1. The molecule has 0 radical (unpaired) electrons. The molecule has 0 amide bonds. The topological polar surface area (TPSA) is 40.5 Å². The monoisotopic (exact) mass is 180 g/mol. The van der Waals surface area contributed by atoms with Crippen molar-refractivity contribution in [1.82, 2.24) is 0 Å². The van der Waals surface area contributed by atoms with Crippen LogP contribution < -0.4 is 0 Å². The van der Waals surface area contributed by atoms with Gasteiger partial charge in [0.1, 0.15) is 5.75 Å². The summed E-state index contributed by atoms with van der Waals surface area (Å²) in [7, 11) is 0. The first-order valence-electron chi connectivity index (χ1n) is 4.50. The van der Waals surface area contributed by atoms with Crippen molar-refractivity contribution >= 4 is 0 Å². The Balaban J connectivity index is 3.19. The summed E-state index contributed by atoms with van der Waals surface area (Å²) in [6, 6.07) is 5.34. The molecule has 2 N–H and O–H groups in total. The molecular formula is C11H16O2. The van der Waals surface area contributed by atoms with Crippen molar-refractivity contribution in [3.63, 3.8) is 0 Å². The second-order valence-corrected chi connectivity index (χ2v) is 3.76. The number of aliphatic hydroxyl groups is 1. The van der Waals surface area contributed by atoms with Gasteiger partial charge in [0.15, 0.2) is 0 Å². The van der Waals surface area contributed by atoms with Crippen molar-refractivity contribution in [3.05, 3.63) is 29.3 Å². The normalized spacial score (nSPS) is 11.7. The summed E-state index contributed by atoms with van der Waals surface area (Å²) in [5, 5.41) is 19.2. The largest absolute Gasteiger partial charge is 0.508 e. The summed E-state index contributed by atoms with van der Waals surface area (Å²) in [6.07, 6.45) is 0.906. The average molecular weight is 180 g/mol. The lowest BCUT2D eigenvalue weighted by atomic mass is 9.95. The van der Waals surface area contributed by atoms with Crippen molar-refractivity contribution in [3.8, 4) is 5.75 Å². The lowest BCUT2D eigenvalue weighted by molar-refractivity contribution is 0.0757. The van der Waals surface area contributed by atoms with Gasteiger partial charge in [-0.2, -0.15) is 0 Å². The van der Waals surface area contributed by atoms with Crippen LogP contribution in [0.2, 0.25) is 0 Å². The third kappa shape index (κ3) is 2.22. The Kier molecular flexibility index (Phi) is 2.62. The van der Waals surface area contributed by atoms with E-state index in [1.165, 1.54) is 0 Å². The maximum atomic E-state index is 9.73. The van der Waals surface area contributed by atoms with Crippen LogP contribution in [0.3, 0.4) is 0 Å². The third-order valence-corrected chi connectivity index (χ3v) is 2.13. The fraction of sp³-hybridized carbons (Fsp3) is 0.455. The predicted molar refractivity (Wildman–Crippen MR) is 52.7 cm³/mol. The van der Waals surface area contributed by atoms with Gasteiger partial charge in [-0.3, -0.25) is 0 Å². The third-order valence-electron chi connectivity index (χ3n) is 2.13. The second kappa shape index (κ2) is 3.38. The summed E-state index contributed by atoms with van der Waals surface area (Å²) in [6.45, 7) is 5.38. The highest BCUT2D eigenvalue weighted by Crippen LogP contribution is 2.29. The second-order valence-electron chi connectivity index (χ2n) is 3.76. The molecule has 0 unspecified atom stereocenters. The van der Waals surface area contributed by atoms with Crippen LogP contribution >= 0.6 is 0 Å². The number of aryl methyl sites for hydroxylation is 1. The smallest absolute Gasteiger partial charge is 0.121 e. The van der Waals surface area contributed by atoms with Gasteiger partial charge in [-0.25, -0.2) is 0 Å². The molecule has 0 aromatic heterocycles. The first kappa shape index (κ1) is 10.1. The molecule has 1 aromatic rings. The number of hydrogen-bond donors (Lipinski definition) is 2. The number of phenols is 1. The molecule has 1 aromatic carbocycles. The lowest BCUT2D eigenvalue weighted by Crippen LogP contribution is -2.15. The number of rotatable bonds is 2. The highest BCUT2D eigenvalue weighted by atomic mass is 16.3. The van der Waals surface area contributed by atoms with Gasteiger partial charge in [0, 0.05) is 5.56 Å². The van der Waals surface area contributed by atoms with Crippen LogP contribution in [-0.4, -0.2) is 10.2 Å². The van der Waals surface area contributed by atoms with E-state index in [0.717, 1.165) is 12.0 Å². The highest BCUT2D eigenvalue weighted by Gasteiger charge is 2.19. The molecule has 0 aliphatic rings. The molecule has 0 saturated heterocycles. The molecule has 2 heteroatoms. The molecule has 0 bridgehead atoms. The van der Waals surface area contributed by atoms with E-state index >= 15 is 0 Å². The summed E-state index contributed by atoms with van der Waals surface area (Å²) >= 11 is 0. The Morgan fingerprint density at radius 2 is 1.92 bits per heavy atom. The first-order valence-corrected chi connectivity index (χ1v) is 4.50. The van der Waals surface area contributed by atoms with Crippen molar-refractivity contribution in [2.45, 2.75) is 32.8 Å². The number of aromatic hydroxyl groups is 1. The molecule has 0 fully saturated rings. The van der Waals surface area contributed by atoms with Gasteiger partial charge in [-0.05, 0) is 38.0 Å². The molecule has 0 saturated carbocycles. The Morgan fingerprint density at radius 1 is 1.31 bits per heavy atom. The Labute approximate surface area is 78.8 Å². The minimum Gasteiger partial charge on any atom is -0.508 e. The minimum atomic E-state index is -0.977. The van der Waals surface area contributed by atoms with Crippen molar-refractivity contribution in [2.24, 2.45) is 0 Å². The molecule has 0 aliphatic heterocycles. The average Bonchev–Trinajstić information content (AvgIpc) is 2.03. The van der Waals surface area contributed by atoms with E-state index in [4.69, 9.17) is 0 Å².